The van der Waals surface area contributed by atoms with Gasteiger partial charge in [0.2, 0.25) is 0 Å². The first-order chi connectivity index (χ1) is 23.2. The highest BCUT2D eigenvalue weighted by Gasteiger charge is 2.27. The molecule has 7 aromatic rings. The van der Waals surface area contributed by atoms with Crippen LogP contribution in [0.4, 0.5) is 0 Å². The van der Waals surface area contributed by atoms with Crippen molar-refractivity contribution in [2.45, 2.75) is 6.17 Å². The van der Waals surface area contributed by atoms with Crippen LogP contribution in [-0.2, 0) is 0 Å². The van der Waals surface area contributed by atoms with Crippen molar-refractivity contribution in [3.63, 3.8) is 0 Å². The molecule has 8 rings (SSSR count). The van der Waals surface area contributed by atoms with Crippen LogP contribution in [0.1, 0.15) is 28.4 Å². The van der Waals surface area contributed by atoms with Gasteiger partial charge in [-0.1, -0.05) is 103 Å². The lowest BCUT2D eigenvalue weighted by atomic mass is 9.91. The smallest absolute Gasteiger partial charge is 0.159 e. The molecule has 222 valence electrons. The second-order valence-corrected chi connectivity index (χ2v) is 11.7. The molecule has 0 saturated carbocycles. The minimum atomic E-state index is -0.286. The molecule has 1 aromatic heterocycles. The maximum absolute atomic E-state index is 9.28. The summed E-state index contributed by atoms with van der Waals surface area (Å²) in [5, 5.41) is 12.7. The van der Waals surface area contributed by atoms with Gasteiger partial charge in [0.05, 0.1) is 17.1 Å². The van der Waals surface area contributed by atoms with E-state index in [2.05, 4.69) is 120 Å². The summed E-state index contributed by atoms with van der Waals surface area (Å²) in [6.07, 6.45) is 1.53. The second kappa shape index (κ2) is 11.8. The standard InChI is InChI=1S/C42H29N5/c1-47-41(45-40(30-9-3-2-4-10-30)46-42(47)34-20-23-39-32(26-34)13-8-24-44-39)33-12-7-11-31(25-33)36-22-21-35(37-14-5-6-15-38(36)37)29-18-16-28(27-43)17-19-29/h2-26,41H,1H3. The molecule has 6 aromatic carbocycles. The Hall–Kier alpha value is -6.38. The van der Waals surface area contributed by atoms with Gasteiger partial charge in [0.25, 0.3) is 0 Å². The average molecular weight is 604 g/mol. The molecule has 0 amide bonds. The van der Waals surface area contributed by atoms with Gasteiger partial charge in [0, 0.05) is 29.8 Å². The highest BCUT2D eigenvalue weighted by atomic mass is 15.3. The second-order valence-electron chi connectivity index (χ2n) is 11.7. The largest absolute Gasteiger partial charge is 0.333 e. The highest BCUT2D eigenvalue weighted by molar-refractivity contribution is 6.13. The van der Waals surface area contributed by atoms with Crippen molar-refractivity contribution in [3.8, 4) is 28.3 Å². The Morgan fingerprint density at radius 2 is 1.32 bits per heavy atom. The third kappa shape index (κ3) is 5.22. The molecule has 1 aliphatic heterocycles. The van der Waals surface area contributed by atoms with Gasteiger partial charge >= 0.3 is 0 Å². The molecule has 0 fully saturated rings. The number of nitriles is 1. The number of hydrogen-bond donors (Lipinski definition) is 0. The van der Waals surface area contributed by atoms with E-state index in [-0.39, 0.29) is 6.17 Å². The van der Waals surface area contributed by atoms with Crippen LogP contribution in [0.25, 0.3) is 43.9 Å². The average Bonchev–Trinajstić information content (AvgIpc) is 3.15. The fraction of sp³-hybridized carbons (Fsp3) is 0.0476. The third-order valence-electron chi connectivity index (χ3n) is 8.80. The van der Waals surface area contributed by atoms with Crippen molar-refractivity contribution in [3.05, 3.63) is 174 Å². The van der Waals surface area contributed by atoms with Gasteiger partial charge in [-0.15, -0.1) is 0 Å². The molecule has 0 N–H and O–H groups in total. The predicted molar refractivity (Wildman–Crippen MR) is 191 cm³/mol. The minimum Gasteiger partial charge on any atom is -0.333 e. The molecule has 1 unspecified atom stereocenters. The van der Waals surface area contributed by atoms with Gasteiger partial charge in [-0.3, -0.25) is 4.98 Å². The van der Waals surface area contributed by atoms with Gasteiger partial charge in [-0.25, -0.2) is 9.98 Å². The highest BCUT2D eigenvalue weighted by Crippen LogP contribution is 2.37. The lowest BCUT2D eigenvalue weighted by Crippen LogP contribution is -2.35. The summed E-state index contributed by atoms with van der Waals surface area (Å²) in [6.45, 7) is 0. The number of fused-ring (bicyclic) bond motifs is 2. The number of aromatic nitrogens is 1. The summed E-state index contributed by atoms with van der Waals surface area (Å²) in [5.41, 5.74) is 9.18. The van der Waals surface area contributed by atoms with Crippen LogP contribution in [0.5, 0.6) is 0 Å². The number of aliphatic imine (C=N–C) groups is 2. The van der Waals surface area contributed by atoms with Crippen LogP contribution < -0.4 is 0 Å². The third-order valence-corrected chi connectivity index (χ3v) is 8.80. The first-order valence-electron chi connectivity index (χ1n) is 15.6. The first kappa shape index (κ1) is 28.1. The predicted octanol–water partition coefficient (Wildman–Crippen LogP) is 9.43. The van der Waals surface area contributed by atoms with E-state index in [4.69, 9.17) is 9.98 Å². The van der Waals surface area contributed by atoms with Crippen molar-refractivity contribution < 1.29 is 0 Å². The Morgan fingerprint density at radius 3 is 2.09 bits per heavy atom. The number of pyridine rings is 1. The summed E-state index contributed by atoms with van der Waals surface area (Å²) >= 11 is 0. The fourth-order valence-electron chi connectivity index (χ4n) is 6.43. The fourth-order valence-corrected chi connectivity index (χ4v) is 6.43. The lowest BCUT2D eigenvalue weighted by Gasteiger charge is -2.32. The normalized spacial score (nSPS) is 14.5. The zero-order chi connectivity index (χ0) is 31.7. The van der Waals surface area contributed by atoms with Crippen molar-refractivity contribution in [1.29, 1.82) is 5.26 Å². The molecule has 0 aliphatic carbocycles. The number of hydrogen-bond acceptors (Lipinski definition) is 5. The Labute approximate surface area is 273 Å². The Morgan fingerprint density at radius 1 is 0.617 bits per heavy atom. The Kier molecular flexibility index (Phi) is 7.09. The molecule has 5 heteroatoms. The first-order valence-corrected chi connectivity index (χ1v) is 15.6. The van der Waals surface area contributed by atoms with Gasteiger partial charge in [0.1, 0.15) is 5.84 Å². The number of rotatable bonds is 5. The molecular weight excluding hydrogens is 574 g/mol. The van der Waals surface area contributed by atoms with Gasteiger partial charge in [-0.2, -0.15) is 5.26 Å². The van der Waals surface area contributed by atoms with Crippen LogP contribution in [0.15, 0.2) is 162 Å². The molecule has 0 spiro atoms. The van der Waals surface area contributed by atoms with Gasteiger partial charge in [0.15, 0.2) is 12.0 Å². The van der Waals surface area contributed by atoms with Crippen molar-refractivity contribution in [2.75, 3.05) is 7.05 Å². The zero-order valence-corrected chi connectivity index (χ0v) is 25.7. The lowest BCUT2D eigenvalue weighted by molar-refractivity contribution is 0.383. The van der Waals surface area contributed by atoms with E-state index in [0.717, 1.165) is 55.7 Å². The maximum Gasteiger partial charge on any atom is 0.159 e. The Bertz CT molecular complexity index is 2380. The minimum absolute atomic E-state index is 0.286. The molecule has 5 nitrogen and oxygen atoms in total. The summed E-state index contributed by atoms with van der Waals surface area (Å²) in [4.78, 5) is 17.0. The monoisotopic (exact) mass is 603 g/mol. The van der Waals surface area contributed by atoms with Crippen LogP contribution in [0, 0.1) is 11.3 Å². The van der Waals surface area contributed by atoms with E-state index < -0.39 is 0 Å². The number of amidine groups is 2. The maximum atomic E-state index is 9.28. The molecule has 2 heterocycles. The molecule has 47 heavy (non-hydrogen) atoms. The summed E-state index contributed by atoms with van der Waals surface area (Å²) < 4.78 is 0. The van der Waals surface area contributed by atoms with Crippen molar-refractivity contribution >= 4 is 33.3 Å². The van der Waals surface area contributed by atoms with Crippen LogP contribution in [-0.4, -0.2) is 28.6 Å². The van der Waals surface area contributed by atoms with E-state index in [0.29, 0.717) is 11.4 Å². The zero-order valence-electron chi connectivity index (χ0n) is 25.7. The van der Waals surface area contributed by atoms with Gasteiger partial charge in [-0.05, 0) is 81.1 Å². The molecule has 1 aliphatic rings. The van der Waals surface area contributed by atoms with E-state index in [1.807, 2.05) is 54.7 Å². The van der Waals surface area contributed by atoms with E-state index >= 15 is 0 Å². The summed E-state index contributed by atoms with van der Waals surface area (Å²) in [6, 6.07) is 52.1. The number of nitrogens with zero attached hydrogens (tertiary/aromatic N) is 5. The van der Waals surface area contributed by atoms with Crippen LogP contribution >= 0.6 is 0 Å². The summed E-state index contributed by atoms with van der Waals surface area (Å²) in [5.74, 6) is 1.56. The SMILES string of the molecule is CN1C(c2ccc3ncccc3c2)=NC(c2ccccc2)=NC1c1cccc(-c2ccc(-c3ccc(C#N)cc3)c3ccccc23)c1. The van der Waals surface area contributed by atoms with Crippen molar-refractivity contribution in [1.82, 2.24) is 9.88 Å². The molecular formula is C42H29N5. The van der Waals surface area contributed by atoms with E-state index in [9.17, 15) is 5.26 Å². The molecule has 1 atom stereocenters. The van der Waals surface area contributed by atoms with E-state index in [1.54, 1.807) is 0 Å². The molecule has 0 radical (unpaired) electrons. The summed E-state index contributed by atoms with van der Waals surface area (Å²) in [7, 11) is 2.07. The quantitative estimate of drug-likeness (QED) is 0.197. The topological polar surface area (TPSA) is 64.6 Å². The van der Waals surface area contributed by atoms with Gasteiger partial charge < -0.3 is 4.90 Å². The van der Waals surface area contributed by atoms with Crippen LogP contribution in [0.2, 0.25) is 0 Å². The Balaban J connectivity index is 1.23. The van der Waals surface area contributed by atoms with Crippen molar-refractivity contribution in [2.24, 2.45) is 9.98 Å². The molecule has 0 saturated heterocycles. The van der Waals surface area contributed by atoms with E-state index in [1.165, 1.54) is 10.8 Å². The number of benzene rings is 6. The van der Waals surface area contributed by atoms with Crippen LogP contribution in [0.3, 0.4) is 0 Å². The molecule has 0 bridgehead atoms.